The first-order valence-corrected chi connectivity index (χ1v) is 9.04. The molecule has 29 heavy (non-hydrogen) atoms. The monoisotopic (exact) mass is 410 g/mol. The second-order valence-electron chi connectivity index (χ2n) is 6.75. The zero-order chi connectivity index (χ0) is 21.3. The molecule has 4 atom stereocenters. The lowest BCUT2D eigenvalue weighted by atomic mass is 9.98. The summed E-state index contributed by atoms with van der Waals surface area (Å²) < 4.78 is 33.3. The number of aromatic nitrogens is 4. The average Bonchev–Trinajstić information content (AvgIpc) is 3.18. The highest BCUT2D eigenvalue weighted by Gasteiger charge is 2.58. The normalized spacial score (nSPS) is 26.4. The number of halogens is 1. The van der Waals surface area contributed by atoms with Gasteiger partial charge >= 0.3 is 11.9 Å². The lowest BCUT2D eigenvalue weighted by molar-refractivity contribution is -0.160. The molecule has 2 aromatic heterocycles. The highest BCUT2D eigenvalue weighted by atomic mass is 19.1. The number of alkyl halides is 1. The van der Waals surface area contributed by atoms with Crippen LogP contribution in [0.15, 0.2) is 6.33 Å². The van der Waals surface area contributed by atoms with Gasteiger partial charge in [0.2, 0.25) is 5.95 Å². The summed E-state index contributed by atoms with van der Waals surface area (Å²) in [5.41, 5.74) is 4.18. The maximum absolute atomic E-state index is 15.9. The highest BCUT2D eigenvalue weighted by Crippen LogP contribution is 2.44. The van der Waals surface area contributed by atoms with Crippen molar-refractivity contribution >= 4 is 34.9 Å². The third kappa shape index (κ3) is 3.79. The number of carbonyl (C=O) groups is 2. The van der Waals surface area contributed by atoms with Gasteiger partial charge in [-0.15, -0.1) is 0 Å². The number of hydrogen-bond acceptors (Lipinski definition) is 10. The number of rotatable bonds is 6. The molecule has 0 aromatic carbocycles. The minimum atomic E-state index is -2.18. The molecule has 1 fully saturated rings. The van der Waals surface area contributed by atoms with E-state index in [1.165, 1.54) is 24.7 Å². The second-order valence-corrected chi connectivity index (χ2v) is 6.75. The fourth-order valence-electron chi connectivity index (χ4n) is 3.23. The molecule has 1 aliphatic heterocycles. The van der Waals surface area contributed by atoms with Crippen molar-refractivity contribution in [3.05, 3.63) is 6.33 Å². The Kier molecular flexibility index (Phi) is 5.55. The first kappa shape index (κ1) is 20.7. The van der Waals surface area contributed by atoms with E-state index in [-0.39, 0.29) is 24.6 Å². The minimum absolute atomic E-state index is 0.0346. The van der Waals surface area contributed by atoms with Gasteiger partial charge in [0, 0.05) is 20.4 Å². The van der Waals surface area contributed by atoms with Crippen LogP contribution in [0.1, 0.15) is 33.4 Å². The summed E-state index contributed by atoms with van der Waals surface area (Å²) in [7, 11) is 1.64. The van der Waals surface area contributed by atoms with E-state index in [9.17, 15) is 9.59 Å². The van der Waals surface area contributed by atoms with E-state index >= 15 is 4.39 Å². The summed E-state index contributed by atoms with van der Waals surface area (Å²) in [4.78, 5) is 35.5. The fourth-order valence-corrected chi connectivity index (χ4v) is 3.23. The molecule has 2 aromatic rings. The van der Waals surface area contributed by atoms with Gasteiger partial charge in [-0.2, -0.15) is 9.97 Å². The van der Waals surface area contributed by atoms with Gasteiger partial charge in [-0.3, -0.25) is 14.2 Å². The van der Waals surface area contributed by atoms with Crippen LogP contribution in [0.2, 0.25) is 0 Å². The van der Waals surface area contributed by atoms with Crippen LogP contribution in [0.25, 0.3) is 11.2 Å². The summed E-state index contributed by atoms with van der Waals surface area (Å²) in [6.45, 7) is 3.78. The molecule has 3 rings (SSSR count). The summed E-state index contributed by atoms with van der Waals surface area (Å²) in [5.74, 6) is -0.830. The number of esters is 2. The topological polar surface area (TPSA) is 143 Å². The Bertz CT molecular complexity index is 932. The van der Waals surface area contributed by atoms with E-state index in [0.717, 1.165) is 0 Å². The summed E-state index contributed by atoms with van der Waals surface area (Å²) in [6.07, 6.45) is -2.19. The molecule has 3 heterocycles. The van der Waals surface area contributed by atoms with Crippen molar-refractivity contribution in [2.75, 3.05) is 24.7 Å². The van der Waals surface area contributed by atoms with Crippen molar-refractivity contribution in [2.24, 2.45) is 0 Å². The summed E-state index contributed by atoms with van der Waals surface area (Å²) >= 11 is 0. The Hall–Kier alpha value is -3.02. The zero-order valence-corrected chi connectivity index (χ0v) is 16.5. The molecule has 3 N–H and O–H groups in total. The predicted molar refractivity (Wildman–Crippen MR) is 99.5 cm³/mol. The number of carbonyl (C=O) groups excluding carboxylic acids is 2. The molecule has 0 aliphatic carbocycles. The standard InChI is InChI=1S/C17H23FN6O5/c1-5-10(26)29-12-9(6-27-8(2)25)28-15(17(12,3)18)24-7-21-11-13(20-4)22-16(19)23-14(11)24/h7,9,12,15H,5-6H2,1-4H3,(H3,19,20,22,23)/t9-,12-,15-,17-/m1/s1. The van der Waals surface area contributed by atoms with Crippen molar-refractivity contribution in [3.63, 3.8) is 0 Å². The number of hydrogen-bond donors (Lipinski definition) is 2. The molecular formula is C17H23FN6O5. The smallest absolute Gasteiger partial charge is 0.305 e. The van der Waals surface area contributed by atoms with Crippen molar-refractivity contribution < 1.29 is 28.2 Å². The number of nitrogens with zero attached hydrogens (tertiary/aromatic N) is 4. The molecule has 1 aliphatic rings. The molecule has 11 nitrogen and oxygen atoms in total. The molecule has 0 unspecified atom stereocenters. The van der Waals surface area contributed by atoms with Crippen molar-refractivity contribution in [1.29, 1.82) is 0 Å². The average molecular weight is 410 g/mol. The molecule has 0 amide bonds. The van der Waals surface area contributed by atoms with Crippen LogP contribution < -0.4 is 11.1 Å². The van der Waals surface area contributed by atoms with E-state index in [1.54, 1.807) is 14.0 Å². The number of fused-ring (bicyclic) bond motifs is 1. The Labute approximate surface area is 165 Å². The molecule has 0 bridgehead atoms. The van der Waals surface area contributed by atoms with E-state index in [2.05, 4.69) is 20.3 Å². The Morgan fingerprint density at radius 1 is 1.45 bits per heavy atom. The maximum Gasteiger partial charge on any atom is 0.305 e. The van der Waals surface area contributed by atoms with Crippen LogP contribution in [0.3, 0.4) is 0 Å². The fraction of sp³-hybridized carbons (Fsp3) is 0.588. The molecule has 158 valence electrons. The SMILES string of the molecule is CCC(=O)O[C@@H]1[C@@H](COC(C)=O)O[C@@H](n2cnc3c(NC)nc(N)nc32)[C@]1(C)F. The highest BCUT2D eigenvalue weighted by molar-refractivity contribution is 5.84. The van der Waals surface area contributed by atoms with Gasteiger partial charge in [0.25, 0.3) is 0 Å². The van der Waals surface area contributed by atoms with Crippen molar-refractivity contribution in [2.45, 2.75) is 51.3 Å². The number of imidazole rings is 1. The summed E-state index contributed by atoms with van der Waals surface area (Å²) in [6, 6.07) is 0. The van der Waals surface area contributed by atoms with Crippen LogP contribution in [0, 0.1) is 0 Å². The van der Waals surface area contributed by atoms with Gasteiger partial charge in [-0.1, -0.05) is 6.92 Å². The zero-order valence-electron chi connectivity index (χ0n) is 16.5. The Morgan fingerprint density at radius 3 is 2.79 bits per heavy atom. The number of nitrogen functional groups attached to an aromatic ring is 1. The first-order chi connectivity index (χ1) is 13.7. The number of anilines is 2. The largest absolute Gasteiger partial charge is 0.463 e. The van der Waals surface area contributed by atoms with Gasteiger partial charge in [0.15, 0.2) is 35.0 Å². The number of nitrogens with two attached hydrogens (primary N) is 1. The van der Waals surface area contributed by atoms with Crippen LogP contribution in [0.5, 0.6) is 0 Å². The molecule has 0 spiro atoms. The molecule has 12 heteroatoms. The Balaban J connectivity index is 2.02. The van der Waals surface area contributed by atoms with Crippen LogP contribution in [0.4, 0.5) is 16.2 Å². The lowest BCUT2D eigenvalue weighted by Gasteiger charge is -2.27. The second kappa shape index (κ2) is 7.78. The molecule has 0 radical (unpaired) electrons. The van der Waals surface area contributed by atoms with Gasteiger partial charge in [-0.05, 0) is 6.92 Å². The number of ether oxygens (including phenoxy) is 3. The maximum atomic E-state index is 15.9. The molecule has 1 saturated heterocycles. The van der Waals surface area contributed by atoms with Gasteiger partial charge in [0.1, 0.15) is 12.7 Å². The van der Waals surface area contributed by atoms with Crippen LogP contribution >= 0.6 is 0 Å². The first-order valence-electron chi connectivity index (χ1n) is 9.04. The van der Waals surface area contributed by atoms with E-state index in [0.29, 0.717) is 11.3 Å². The lowest BCUT2D eigenvalue weighted by Crippen LogP contribution is -2.44. The van der Waals surface area contributed by atoms with Crippen LogP contribution in [-0.4, -0.2) is 63.0 Å². The van der Waals surface area contributed by atoms with Gasteiger partial charge in [0.05, 0.1) is 6.33 Å². The summed E-state index contributed by atoms with van der Waals surface area (Å²) in [5, 5.41) is 2.85. The minimum Gasteiger partial charge on any atom is -0.463 e. The van der Waals surface area contributed by atoms with Crippen molar-refractivity contribution in [3.8, 4) is 0 Å². The third-order valence-electron chi connectivity index (χ3n) is 4.61. The number of nitrogens with one attached hydrogen (secondary N) is 1. The quantitative estimate of drug-likeness (QED) is 0.661. The third-order valence-corrected chi connectivity index (χ3v) is 4.61. The van der Waals surface area contributed by atoms with E-state index in [1.807, 2.05) is 0 Å². The Morgan fingerprint density at radius 2 is 2.17 bits per heavy atom. The van der Waals surface area contributed by atoms with Gasteiger partial charge in [-0.25, -0.2) is 9.37 Å². The van der Waals surface area contributed by atoms with Crippen molar-refractivity contribution in [1.82, 2.24) is 19.5 Å². The van der Waals surface area contributed by atoms with Gasteiger partial charge < -0.3 is 25.3 Å². The molecule has 0 saturated carbocycles. The molecular weight excluding hydrogens is 387 g/mol. The predicted octanol–water partition coefficient (Wildman–Crippen LogP) is 0.961. The van der Waals surface area contributed by atoms with E-state index < -0.39 is 36.0 Å². The van der Waals surface area contributed by atoms with E-state index in [4.69, 9.17) is 19.9 Å². The van der Waals surface area contributed by atoms with Crippen LogP contribution in [-0.2, 0) is 23.8 Å².